The van der Waals surface area contributed by atoms with E-state index in [1.54, 1.807) is 17.0 Å². The van der Waals surface area contributed by atoms with Crippen LogP contribution in [0.25, 0.3) is 11.5 Å². The Kier molecular flexibility index (Phi) is 5.55. The third-order valence-electron chi connectivity index (χ3n) is 4.27. The summed E-state index contributed by atoms with van der Waals surface area (Å²) in [5.74, 6) is 1.08. The first-order valence-corrected chi connectivity index (χ1v) is 8.71. The minimum Gasteiger partial charge on any atom is -0.450 e. The Labute approximate surface area is 151 Å². The van der Waals surface area contributed by atoms with Crippen LogP contribution in [0.4, 0.5) is 4.79 Å². The number of ether oxygens (including phenoxy) is 1. The van der Waals surface area contributed by atoms with E-state index >= 15 is 0 Å². The van der Waals surface area contributed by atoms with Crippen molar-refractivity contribution in [3.05, 3.63) is 35.1 Å². The molecule has 1 atom stereocenters. The van der Waals surface area contributed by atoms with E-state index in [1.807, 2.05) is 26.0 Å². The molecule has 0 saturated carbocycles. The fourth-order valence-corrected chi connectivity index (χ4v) is 3.00. The predicted octanol–water partition coefficient (Wildman–Crippen LogP) is 3.23. The van der Waals surface area contributed by atoms with Gasteiger partial charge in [-0.15, -0.1) is 0 Å². The van der Waals surface area contributed by atoms with Crippen LogP contribution >= 0.6 is 11.6 Å². The molecule has 1 fully saturated rings. The number of carbonyl (C=O) groups excluding carboxylic acids is 1. The molecule has 2 aromatic rings. The van der Waals surface area contributed by atoms with Crippen LogP contribution < -0.4 is 0 Å². The molecular weight excluding hydrogens is 344 g/mol. The van der Waals surface area contributed by atoms with Gasteiger partial charge in [0.2, 0.25) is 0 Å². The molecule has 1 aliphatic heterocycles. The van der Waals surface area contributed by atoms with Crippen LogP contribution in [0.3, 0.4) is 0 Å². The minimum atomic E-state index is -0.252. The van der Waals surface area contributed by atoms with Crippen LogP contribution in [0.2, 0.25) is 5.02 Å². The molecule has 0 N–H and O–H groups in total. The molecule has 1 aromatic carbocycles. The summed E-state index contributed by atoms with van der Waals surface area (Å²) in [6.45, 7) is 6.97. The number of hydrogen-bond acceptors (Lipinski definition) is 6. The Hall–Kier alpha value is -2.12. The SMILES string of the molecule is CCOC(=O)N1CCN([C@@H](C)c2noc(-c3cccc(Cl)c3)n2)CC1. The quantitative estimate of drug-likeness (QED) is 0.829. The minimum absolute atomic E-state index is 0.000953. The molecular formula is C17H21ClN4O3. The van der Waals surface area contributed by atoms with Crippen LogP contribution in [0.5, 0.6) is 0 Å². The van der Waals surface area contributed by atoms with Gasteiger partial charge in [0.05, 0.1) is 12.6 Å². The van der Waals surface area contributed by atoms with Crippen molar-refractivity contribution in [1.29, 1.82) is 0 Å². The van der Waals surface area contributed by atoms with Gasteiger partial charge in [-0.3, -0.25) is 4.90 Å². The smallest absolute Gasteiger partial charge is 0.409 e. The van der Waals surface area contributed by atoms with Crippen molar-refractivity contribution >= 4 is 17.7 Å². The van der Waals surface area contributed by atoms with E-state index in [-0.39, 0.29) is 12.1 Å². The molecule has 8 heteroatoms. The molecule has 0 radical (unpaired) electrons. The Bertz CT molecular complexity index is 728. The first-order valence-electron chi connectivity index (χ1n) is 8.33. The third-order valence-corrected chi connectivity index (χ3v) is 4.51. The summed E-state index contributed by atoms with van der Waals surface area (Å²) in [5.41, 5.74) is 0.797. The summed E-state index contributed by atoms with van der Waals surface area (Å²) >= 11 is 6.01. The zero-order valence-electron chi connectivity index (χ0n) is 14.3. The summed E-state index contributed by atoms with van der Waals surface area (Å²) in [5, 5.41) is 4.73. The van der Waals surface area contributed by atoms with Gasteiger partial charge in [-0.1, -0.05) is 22.8 Å². The summed E-state index contributed by atoms with van der Waals surface area (Å²) in [7, 11) is 0. The fourth-order valence-electron chi connectivity index (χ4n) is 2.81. The third kappa shape index (κ3) is 4.11. The number of nitrogens with zero attached hydrogens (tertiary/aromatic N) is 4. The second kappa shape index (κ2) is 7.84. The van der Waals surface area contributed by atoms with Gasteiger partial charge in [0.1, 0.15) is 0 Å². The van der Waals surface area contributed by atoms with E-state index in [0.717, 1.165) is 18.7 Å². The van der Waals surface area contributed by atoms with Crippen LogP contribution in [0, 0.1) is 0 Å². The fraction of sp³-hybridized carbons (Fsp3) is 0.471. The van der Waals surface area contributed by atoms with Crippen molar-refractivity contribution < 1.29 is 14.1 Å². The molecule has 1 saturated heterocycles. The summed E-state index contributed by atoms with van der Waals surface area (Å²) in [6, 6.07) is 7.32. The first kappa shape index (κ1) is 17.7. The maximum Gasteiger partial charge on any atom is 0.409 e. The second-order valence-electron chi connectivity index (χ2n) is 5.87. The highest BCUT2D eigenvalue weighted by Crippen LogP contribution is 2.25. The first-order chi connectivity index (χ1) is 12.1. The van der Waals surface area contributed by atoms with Crippen molar-refractivity contribution in [3.8, 4) is 11.5 Å². The standard InChI is InChI=1S/C17H21ClN4O3/c1-3-24-17(23)22-9-7-21(8-10-22)12(2)15-19-16(25-20-15)13-5-4-6-14(18)11-13/h4-6,11-12H,3,7-10H2,1-2H3/t12-/m0/s1. The average molecular weight is 365 g/mol. The molecule has 0 unspecified atom stereocenters. The van der Waals surface area contributed by atoms with Crippen LogP contribution in [0.15, 0.2) is 28.8 Å². The van der Waals surface area contributed by atoms with Gasteiger partial charge in [-0.05, 0) is 32.0 Å². The van der Waals surface area contributed by atoms with E-state index in [2.05, 4.69) is 15.0 Å². The highest BCUT2D eigenvalue weighted by atomic mass is 35.5. The Morgan fingerprint density at radius 3 is 2.80 bits per heavy atom. The lowest BCUT2D eigenvalue weighted by Gasteiger charge is -2.36. The highest BCUT2D eigenvalue weighted by molar-refractivity contribution is 6.30. The van der Waals surface area contributed by atoms with Crippen LogP contribution in [0.1, 0.15) is 25.7 Å². The van der Waals surface area contributed by atoms with Crippen molar-refractivity contribution in [3.63, 3.8) is 0 Å². The van der Waals surface area contributed by atoms with Crippen molar-refractivity contribution in [1.82, 2.24) is 19.9 Å². The molecule has 25 heavy (non-hydrogen) atoms. The van der Waals surface area contributed by atoms with E-state index in [9.17, 15) is 4.79 Å². The van der Waals surface area contributed by atoms with E-state index in [4.69, 9.17) is 20.9 Å². The predicted molar refractivity (Wildman–Crippen MR) is 93.3 cm³/mol. The largest absolute Gasteiger partial charge is 0.450 e. The second-order valence-corrected chi connectivity index (χ2v) is 6.30. The lowest BCUT2D eigenvalue weighted by Crippen LogP contribution is -2.49. The number of amides is 1. The monoisotopic (exact) mass is 364 g/mol. The van der Waals surface area contributed by atoms with Gasteiger partial charge in [0, 0.05) is 36.8 Å². The lowest BCUT2D eigenvalue weighted by atomic mass is 10.2. The summed E-state index contributed by atoms with van der Waals surface area (Å²) < 4.78 is 10.4. The van der Waals surface area contributed by atoms with E-state index < -0.39 is 0 Å². The van der Waals surface area contributed by atoms with Crippen LogP contribution in [-0.4, -0.2) is 58.8 Å². The maximum absolute atomic E-state index is 11.8. The number of halogens is 1. The summed E-state index contributed by atoms with van der Waals surface area (Å²) in [6.07, 6.45) is -0.252. The van der Waals surface area contributed by atoms with E-state index in [0.29, 0.717) is 36.4 Å². The number of carbonyl (C=O) groups is 1. The molecule has 1 amide bonds. The highest BCUT2D eigenvalue weighted by Gasteiger charge is 2.27. The molecule has 134 valence electrons. The van der Waals surface area contributed by atoms with Gasteiger partial charge in [-0.25, -0.2) is 4.79 Å². The molecule has 1 aromatic heterocycles. The van der Waals surface area contributed by atoms with Gasteiger partial charge >= 0.3 is 6.09 Å². The Balaban J connectivity index is 1.63. The summed E-state index contributed by atoms with van der Waals surface area (Å²) in [4.78, 5) is 20.2. The average Bonchev–Trinajstić information content (AvgIpc) is 3.11. The number of aromatic nitrogens is 2. The number of rotatable bonds is 4. The zero-order chi connectivity index (χ0) is 17.8. The van der Waals surface area contributed by atoms with Crippen molar-refractivity contribution in [2.24, 2.45) is 0 Å². The van der Waals surface area contributed by atoms with E-state index in [1.165, 1.54) is 0 Å². The van der Waals surface area contributed by atoms with Gasteiger partial charge in [-0.2, -0.15) is 4.98 Å². The number of hydrogen-bond donors (Lipinski definition) is 0. The molecule has 2 heterocycles. The van der Waals surface area contributed by atoms with Gasteiger partial charge in [0.25, 0.3) is 5.89 Å². The zero-order valence-corrected chi connectivity index (χ0v) is 15.1. The van der Waals surface area contributed by atoms with Crippen molar-refractivity contribution in [2.75, 3.05) is 32.8 Å². The topological polar surface area (TPSA) is 71.7 Å². The molecule has 0 spiro atoms. The van der Waals surface area contributed by atoms with Crippen molar-refractivity contribution in [2.45, 2.75) is 19.9 Å². The number of benzene rings is 1. The van der Waals surface area contributed by atoms with Crippen LogP contribution in [-0.2, 0) is 4.74 Å². The molecule has 3 rings (SSSR count). The molecule has 7 nitrogen and oxygen atoms in total. The molecule has 0 bridgehead atoms. The maximum atomic E-state index is 11.8. The van der Waals surface area contributed by atoms with Gasteiger partial charge < -0.3 is 14.2 Å². The normalized spacial score (nSPS) is 16.7. The van der Waals surface area contributed by atoms with Gasteiger partial charge in [0.15, 0.2) is 5.82 Å². The Morgan fingerprint density at radius 1 is 1.36 bits per heavy atom. The Morgan fingerprint density at radius 2 is 2.12 bits per heavy atom. The lowest BCUT2D eigenvalue weighted by molar-refractivity contribution is 0.0669. The number of piperazine rings is 1. The molecule has 0 aliphatic carbocycles. The molecule has 1 aliphatic rings.